The number of benzene rings is 1. The second kappa shape index (κ2) is 5.63. The van der Waals surface area contributed by atoms with Gasteiger partial charge < -0.3 is 10.1 Å². The number of imidazole rings is 1. The minimum absolute atomic E-state index is 0.658. The highest BCUT2D eigenvalue weighted by molar-refractivity contribution is 5.69. The van der Waals surface area contributed by atoms with Crippen molar-refractivity contribution < 1.29 is 0 Å². The molecule has 0 amide bonds. The van der Waals surface area contributed by atoms with Gasteiger partial charge in [0.1, 0.15) is 5.65 Å². The molecule has 5 aromatic rings. The Balaban J connectivity index is 1.63. The number of rotatable bonds is 2. The van der Waals surface area contributed by atoms with Crippen molar-refractivity contribution >= 4 is 17.0 Å². The van der Waals surface area contributed by atoms with Crippen LogP contribution in [-0.2, 0) is 0 Å². The van der Waals surface area contributed by atoms with E-state index in [4.69, 9.17) is 10.7 Å². The first-order chi connectivity index (χ1) is 13.1. The van der Waals surface area contributed by atoms with Crippen LogP contribution in [0.25, 0.3) is 33.9 Å². The highest BCUT2D eigenvalue weighted by atomic mass is 15.3. The number of nitrogens with two attached hydrogens (primary N) is 1. The fourth-order valence-electron chi connectivity index (χ4n) is 3.18. The summed E-state index contributed by atoms with van der Waals surface area (Å²) in [6, 6.07) is 11.7. The number of hydrogen-bond acceptors (Lipinski definition) is 5. The van der Waals surface area contributed by atoms with Crippen molar-refractivity contribution in [3.63, 3.8) is 0 Å². The average Bonchev–Trinajstić information content (AvgIpc) is 3.29. The maximum atomic E-state index is 5.89. The molecule has 27 heavy (non-hydrogen) atoms. The van der Waals surface area contributed by atoms with E-state index in [0.29, 0.717) is 5.82 Å². The minimum atomic E-state index is 0.658. The van der Waals surface area contributed by atoms with Gasteiger partial charge in [-0.3, -0.25) is 4.98 Å². The zero-order valence-electron chi connectivity index (χ0n) is 15.0. The number of pyridine rings is 1. The van der Waals surface area contributed by atoms with Crippen LogP contribution < -0.4 is 5.73 Å². The molecule has 4 heterocycles. The summed E-state index contributed by atoms with van der Waals surface area (Å²) in [5, 5.41) is 4.64. The number of hydrogen-bond donors (Lipinski definition) is 1. The van der Waals surface area contributed by atoms with E-state index in [-0.39, 0.29) is 0 Å². The summed E-state index contributed by atoms with van der Waals surface area (Å²) in [5.74, 6) is 0.658. The van der Waals surface area contributed by atoms with E-state index in [9.17, 15) is 0 Å². The summed E-state index contributed by atoms with van der Waals surface area (Å²) in [7, 11) is 0. The zero-order chi connectivity index (χ0) is 18.5. The molecule has 0 radical (unpaired) electrons. The van der Waals surface area contributed by atoms with E-state index in [1.165, 1.54) is 0 Å². The van der Waals surface area contributed by atoms with Crippen molar-refractivity contribution in [3.05, 3.63) is 66.4 Å². The fraction of sp³-hybridized carbons (Fsp3) is 0.100. The molecule has 0 fully saturated rings. The Morgan fingerprint density at radius 2 is 1.89 bits per heavy atom. The van der Waals surface area contributed by atoms with Gasteiger partial charge in [-0.05, 0) is 38.1 Å². The highest BCUT2D eigenvalue weighted by Crippen LogP contribution is 2.24. The number of aromatic nitrogens is 6. The van der Waals surface area contributed by atoms with Gasteiger partial charge in [0.15, 0.2) is 11.5 Å². The smallest absolute Gasteiger partial charge is 0.182 e. The van der Waals surface area contributed by atoms with Crippen molar-refractivity contribution in [1.82, 2.24) is 29.0 Å². The Kier molecular flexibility index (Phi) is 3.24. The maximum absolute atomic E-state index is 5.89. The topological polar surface area (TPSA) is 86.4 Å². The molecule has 0 unspecified atom stereocenters. The number of anilines is 1. The van der Waals surface area contributed by atoms with Gasteiger partial charge in [-0.25, -0.2) is 14.5 Å². The Labute approximate surface area is 155 Å². The molecule has 7 heteroatoms. The largest absolute Gasteiger partial charge is 0.399 e. The molecule has 7 nitrogen and oxygen atoms in total. The molecule has 0 aliphatic carbocycles. The van der Waals surface area contributed by atoms with Gasteiger partial charge in [-0.2, -0.15) is 0 Å². The van der Waals surface area contributed by atoms with Crippen LogP contribution in [0.3, 0.4) is 0 Å². The molecular formula is C20H17N7. The van der Waals surface area contributed by atoms with Gasteiger partial charge in [0.2, 0.25) is 0 Å². The molecule has 0 saturated carbocycles. The van der Waals surface area contributed by atoms with Crippen LogP contribution in [0.1, 0.15) is 11.4 Å². The lowest BCUT2D eigenvalue weighted by Gasteiger charge is -1.98. The standard InChI is InChI=1S/C20H17N7/c1-12-10-22-13(2)20-24-19(25-27(12)20)15-6-7-26-11-17(23-18(26)9-15)14-4-3-5-16(21)8-14/h3-11H,21H2,1-2H3. The lowest BCUT2D eigenvalue weighted by Crippen LogP contribution is -1.97. The van der Waals surface area contributed by atoms with E-state index in [1.807, 2.05) is 71.6 Å². The Morgan fingerprint density at radius 1 is 1.00 bits per heavy atom. The van der Waals surface area contributed by atoms with Crippen molar-refractivity contribution in [2.75, 3.05) is 5.73 Å². The third kappa shape index (κ3) is 2.52. The first kappa shape index (κ1) is 15.5. The summed E-state index contributed by atoms with van der Waals surface area (Å²) in [5.41, 5.74) is 12.8. The second-order valence-corrected chi connectivity index (χ2v) is 6.59. The summed E-state index contributed by atoms with van der Waals surface area (Å²) < 4.78 is 3.81. The first-order valence-electron chi connectivity index (χ1n) is 8.62. The molecule has 4 aromatic heterocycles. The Bertz CT molecular complexity index is 1270. The van der Waals surface area contributed by atoms with Crippen LogP contribution >= 0.6 is 0 Å². The number of aryl methyl sites for hydroxylation is 2. The zero-order valence-corrected chi connectivity index (χ0v) is 15.0. The van der Waals surface area contributed by atoms with Crippen LogP contribution in [-0.4, -0.2) is 29.0 Å². The van der Waals surface area contributed by atoms with Crippen molar-refractivity contribution in [2.45, 2.75) is 13.8 Å². The van der Waals surface area contributed by atoms with E-state index >= 15 is 0 Å². The molecular weight excluding hydrogens is 338 g/mol. The molecule has 0 bridgehead atoms. The SMILES string of the molecule is Cc1ncc(C)n2nc(-c3ccn4cc(-c5cccc(N)c5)nc4c3)nc12. The normalized spacial score (nSPS) is 11.5. The molecule has 0 aliphatic rings. The van der Waals surface area contributed by atoms with Gasteiger partial charge in [0, 0.05) is 35.4 Å². The number of fused-ring (bicyclic) bond motifs is 2. The van der Waals surface area contributed by atoms with Crippen molar-refractivity contribution in [1.29, 1.82) is 0 Å². The third-order valence-corrected chi connectivity index (χ3v) is 4.61. The molecule has 0 spiro atoms. The molecule has 0 saturated heterocycles. The maximum Gasteiger partial charge on any atom is 0.182 e. The van der Waals surface area contributed by atoms with Crippen LogP contribution in [0.2, 0.25) is 0 Å². The number of nitrogen functional groups attached to an aromatic ring is 1. The first-order valence-corrected chi connectivity index (χ1v) is 8.62. The summed E-state index contributed by atoms with van der Waals surface area (Å²) in [6.45, 7) is 3.90. The van der Waals surface area contributed by atoms with E-state index in [0.717, 1.165) is 45.2 Å². The monoisotopic (exact) mass is 355 g/mol. The highest BCUT2D eigenvalue weighted by Gasteiger charge is 2.12. The lowest BCUT2D eigenvalue weighted by molar-refractivity contribution is 0.891. The van der Waals surface area contributed by atoms with Crippen LogP contribution in [0.5, 0.6) is 0 Å². The number of nitrogens with zero attached hydrogens (tertiary/aromatic N) is 6. The van der Waals surface area contributed by atoms with Gasteiger partial charge in [0.05, 0.1) is 17.1 Å². The summed E-state index contributed by atoms with van der Waals surface area (Å²) in [4.78, 5) is 13.8. The minimum Gasteiger partial charge on any atom is -0.399 e. The van der Waals surface area contributed by atoms with Crippen LogP contribution in [0.15, 0.2) is 55.0 Å². The van der Waals surface area contributed by atoms with Gasteiger partial charge in [-0.1, -0.05) is 12.1 Å². The van der Waals surface area contributed by atoms with Crippen LogP contribution in [0, 0.1) is 13.8 Å². The molecule has 132 valence electrons. The molecule has 0 aliphatic heterocycles. The third-order valence-electron chi connectivity index (χ3n) is 4.61. The van der Waals surface area contributed by atoms with E-state index < -0.39 is 0 Å². The van der Waals surface area contributed by atoms with Gasteiger partial charge >= 0.3 is 0 Å². The van der Waals surface area contributed by atoms with Crippen LogP contribution in [0.4, 0.5) is 5.69 Å². The molecule has 5 rings (SSSR count). The second-order valence-electron chi connectivity index (χ2n) is 6.59. The molecule has 2 N–H and O–H groups in total. The van der Waals surface area contributed by atoms with E-state index in [2.05, 4.69) is 15.1 Å². The average molecular weight is 355 g/mol. The Morgan fingerprint density at radius 3 is 2.70 bits per heavy atom. The van der Waals surface area contributed by atoms with Gasteiger partial charge in [-0.15, -0.1) is 5.10 Å². The quantitative estimate of drug-likeness (QED) is 0.491. The van der Waals surface area contributed by atoms with Crippen molar-refractivity contribution in [2.24, 2.45) is 0 Å². The summed E-state index contributed by atoms with van der Waals surface area (Å²) in [6.07, 6.45) is 5.76. The summed E-state index contributed by atoms with van der Waals surface area (Å²) >= 11 is 0. The predicted octanol–water partition coefficient (Wildman–Crippen LogP) is 3.31. The molecule has 1 aromatic carbocycles. The Hall–Kier alpha value is -3.74. The lowest BCUT2D eigenvalue weighted by atomic mass is 10.1. The fourth-order valence-corrected chi connectivity index (χ4v) is 3.18. The molecule has 0 atom stereocenters. The predicted molar refractivity (Wildman–Crippen MR) is 104 cm³/mol. The van der Waals surface area contributed by atoms with E-state index in [1.54, 1.807) is 6.20 Å². The van der Waals surface area contributed by atoms with Gasteiger partial charge in [0.25, 0.3) is 0 Å². The van der Waals surface area contributed by atoms with Crippen molar-refractivity contribution in [3.8, 4) is 22.6 Å².